The quantitative estimate of drug-likeness (QED) is 0.838. The van der Waals surface area contributed by atoms with Gasteiger partial charge in [-0.3, -0.25) is 0 Å². The van der Waals surface area contributed by atoms with Crippen molar-refractivity contribution in [2.75, 3.05) is 0 Å². The summed E-state index contributed by atoms with van der Waals surface area (Å²) in [6.07, 6.45) is 0.508. The van der Waals surface area contributed by atoms with E-state index in [-0.39, 0.29) is 12.1 Å². The van der Waals surface area contributed by atoms with E-state index in [2.05, 4.69) is 24.5 Å². The summed E-state index contributed by atoms with van der Waals surface area (Å²) in [6, 6.07) is 2.57. The fraction of sp³-hybridized carbons (Fsp3) is 0.636. The fourth-order valence-electron chi connectivity index (χ4n) is 1.65. The minimum Gasteiger partial charge on any atom is -0.393 e. The first kappa shape index (κ1) is 13.0. The highest BCUT2D eigenvalue weighted by molar-refractivity contribution is 7.14. The molecule has 0 spiro atoms. The Hall–Kier alpha value is -0.0900. The number of aliphatic hydroxyl groups is 1. The molecule has 4 heteroatoms. The van der Waals surface area contributed by atoms with E-state index in [0.29, 0.717) is 6.04 Å². The van der Waals surface area contributed by atoms with E-state index in [1.807, 2.05) is 13.0 Å². The third-order valence-electron chi connectivity index (χ3n) is 2.32. The highest BCUT2D eigenvalue weighted by atomic mass is 35.5. The number of nitrogens with one attached hydrogen (secondary N) is 1. The number of halogens is 1. The van der Waals surface area contributed by atoms with E-state index < -0.39 is 0 Å². The predicted octanol–water partition coefficient (Wildman–Crippen LogP) is 3.21. The van der Waals surface area contributed by atoms with Crippen molar-refractivity contribution in [3.63, 3.8) is 0 Å². The maximum atomic E-state index is 9.25. The van der Waals surface area contributed by atoms with Crippen molar-refractivity contribution in [3.05, 3.63) is 21.3 Å². The zero-order valence-electron chi connectivity index (χ0n) is 9.33. The van der Waals surface area contributed by atoms with E-state index in [4.69, 9.17) is 11.6 Å². The maximum absolute atomic E-state index is 9.25. The number of hydrogen-bond acceptors (Lipinski definition) is 3. The largest absolute Gasteiger partial charge is 0.393 e. The van der Waals surface area contributed by atoms with Crippen molar-refractivity contribution in [2.45, 2.75) is 45.4 Å². The SMILES string of the molecule is CC(O)CC(C)NC(C)c1csc(Cl)c1. The van der Waals surface area contributed by atoms with Crippen LogP contribution < -0.4 is 5.32 Å². The minimum atomic E-state index is -0.259. The molecule has 0 aliphatic heterocycles. The van der Waals surface area contributed by atoms with Crippen molar-refractivity contribution in [1.29, 1.82) is 0 Å². The molecule has 3 unspecified atom stereocenters. The lowest BCUT2D eigenvalue weighted by Gasteiger charge is -2.20. The smallest absolute Gasteiger partial charge is 0.0931 e. The lowest BCUT2D eigenvalue weighted by molar-refractivity contribution is 0.168. The Morgan fingerprint density at radius 1 is 1.47 bits per heavy atom. The molecule has 0 bridgehead atoms. The summed E-state index contributed by atoms with van der Waals surface area (Å²) < 4.78 is 0.821. The first-order valence-corrected chi connectivity index (χ1v) is 6.43. The fourth-order valence-corrected chi connectivity index (χ4v) is 2.64. The second-order valence-electron chi connectivity index (χ2n) is 4.06. The molecule has 1 aromatic heterocycles. The highest BCUT2D eigenvalue weighted by Crippen LogP contribution is 2.25. The van der Waals surface area contributed by atoms with Gasteiger partial charge in [0.05, 0.1) is 10.4 Å². The molecule has 1 aromatic rings. The van der Waals surface area contributed by atoms with Crippen molar-refractivity contribution in [3.8, 4) is 0 Å². The van der Waals surface area contributed by atoms with Crippen molar-refractivity contribution >= 4 is 22.9 Å². The van der Waals surface area contributed by atoms with Gasteiger partial charge in [0, 0.05) is 12.1 Å². The molecule has 0 aliphatic carbocycles. The third-order valence-corrected chi connectivity index (χ3v) is 3.43. The zero-order valence-corrected chi connectivity index (χ0v) is 10.9. The predicted molar refractivity (Wildman–Crippen MR) is 66.6 cm³/mol. The van der Waals surface area contributed by atoms with Gasteiger partial charge in [-0.05, 0) is 44.2 Å². The van der Waals surface area contributed by atoms with E-state index in [0.717, 1.165) is 10.8 Å². The van der Waals surface area contributed by atoms with Crippen LogP contribution in [-0.4, -0.2) is 17.3 Å². The molecule has 2 nitrogen and oxygen atoms in total. The van der Waals surface area contributed by atoms with Gasteiger partial charge in [0.15, 0.2) is 0 Å². The molecule has 0 amide bonds. The molecule has 0 aromatic carbocycles. The van der Waals surface area contributed by atoms with Crippen molar-refractivity contribution in [2.24, 2.45) is 0 Å². The maximum Gasteiger partial charge on any atom is 0.0931 e. The monoisotopic (exact) mass is 247 g/mol. The number of rotatable bonds is 5. The van der Waals surface area contributed by atoms with Gasteiger partial charge >= 0.3 is 0 Å². The standard InChI is InChI=1S/C11H18ClNOS/c1-7(4-8(2)14)13-9(3)10-5-11(12)15-6-10/h5-9,13-14H,4H2,1-3H3. The summed E-state index contributed by atoms with van der Waals surface area (Å²) in [7, 11) is 0. The van der Waals surface area contributed by atoms with Gasteiger partial charge in [-0.25, -0.2) is 0 Å². The molecular weight excluding hydrogens is 230 g/mol. The van der Waals surface area contributed by atoms with Crippen LogP contribution in [0.5, 0.6) is 0 Å². The molecule has 1 heterocycles. The lowest BCUT2D eigenvalue weighted by Crippen LogP contribution is -2.31. The van der Waals surface area contributed by atoms with Gasteiger partial charge in [-0.1, -0.05) is 11.6 Å². The third kappa shape index (κ3) is 4.51. The summed E-state index contributed by atoms with van der Waals surface area (Å²) in [5, 5.41) is 14.7. The molecule has 1 rings (SSSR count). The zero-order chi connectivity index (χ0) is 11.4. The van der Waals surface area contributed by atoms with Crippen LogP contribution >= 0.6 is 22.9 Å². The summed E-state index contributed by atoms with van der Waals surface area (Å²) in [4.78, 5) is 0. The van der Waals surface area contributed by atoms with Crippen LogP contribution in [0.2, 0.25) is 4.34 Å². The van der Waals surface area contributed by atoms with Crippen LogP contribution in [0.25, 0.3) is 0 Å². The van der Waals surface area contributed by atoms with E-state index in [1.165, 1.54) is 5.56 Å². The van der Waals surface area contributed by atoms with E-state index in [1.54, 1.807) is 11.3 Å². The van der Waals surface area contributed by atoms with Gasteiger partial charge in [0.1, 0.15) is 0 Å². The second kappa shape index (κ2) is 5.85. The Labute approximate surface area is 100 Å². The summed E-state index contributed by atoms with van der Waals surface area (Å²) in [6.45, 7) is 6.00. The Morgan fingerprint density at radius 2 is 2.13 bits per heavy atom. The molecule has 0 saturated heterocycles. The van der Waals surface area contributed by atoms with Gasteiger partial charge < -0.3 is 10.4 Å². The Morgan fingerprint density at radius 3 is 2.60 bits per heavy atom. The Bertz CT molecular complexity index is 301. The van der Waals surface area contributed by atoms with Gasteiger partial charge in [0.25, 0.3) is 0 Å². The second-order valence-corrected chi connectivity index (χ2v) is 5.60. The van der Waals surface area contributed by atoms with Crippen LogP contribution in [0.1, 0.15) is 38.8 Å². The van der Waals surface area contributed by atoms with Crippen LogP contribution in [0.15, 0.2) is 11.4 Å². The van der Waals surface area contributed by atoms with Crippen LogP contribution in [0.4, 0.5) is 0 Å². The highest BCUT2D eigenvalue weighted by Gasteiger charge is 2.12. The average molecular weight is 248 g/mol. The molecule has 0 saturated carbocycles. The van der Waals surface area contributed by atoms with Gasteiger partial charge in [-0.15, -0.1) is 11.3 Å². The number of thiophene rings is 1. The first-order valence-electron chi connectivity index (χ1n) is 5.17. The molecule has 86 valence electrons. The van der Waals surface area contributed by atoms with Gasteiger partial charge in [-0.2, -0.15) is 0 Å². The lowest BCUT2D eigenvalue weighted by atomic mass is 10.1. The molecule has 15 heavy (non-hydrogen) atoms. The molecular formula is C11H18ClNOS. The molecule has 2 N–H and O–H groups in total. The normalized spacial score (nSPS) is 17.4. The topological polar surface area (TPSA) is 32.3 Å². The first-order chi connectivity index (χ1) is 6.99. The van der Waals surface area contributed by atoms with Crippen molar-refractivity contribution < 1.29 is 5.11 Å². The summed E-state index contributed by atoms with van der Waals surface area (Å²) in [5.74, 6) is 0. The van der Waals surface area contributed by atoms with Crippen LogP contribution in [0.3, 0.4) is 0 Å². The van der Waals surface area contributed by atoms with Crippen LogP contribution in [-0.2, 0) is 0 Å². The minimum absolute atomic E-state index is 0.259. The number of hydrogen-bond donors (Lipinski definition) is 2. The van der Waals surface area contributed by atoms with Crippen LogP contribution in [0, 0.1) is 0 Å². The van der Waals surface area contributed by atoms with Gasteiger partial charge in [0.2, 0.25) is 0 Å². The summed E-state index contributed by atoms with van der Waals surface area (Å²) in [5.41, 5.74) is 1.21. The van der Waals surface area contributed by atoms with E-state index >= 15 is 0 Å². The molecule has 3 atom stereocenters. The number of aliphatic hydroxyl groups excluding tert-OH is 1. The van der Waals surface area contributed by atoms with Crippen molar-refractivity contribution in [1.82, 2.24) is 5.32 Å². The van der Waals surface area contributed by atoms with E-state index in [9.17, 15) is 5.11 Å². The Balaban J connectivity index is 2.45. The molecule has 0 aliphatic rings. The summed E-state index contributed by atoms with van der Waals surface area (Å²) >= 11 is 7.43. The molecule has 0 radical (unpaired) electrons. The molecule has 0 fully saturated rings. The average Bonchev–Trinajstić information content (AvgIpc) is 2.49. The Kier molecular flexibility index (Phi) is 5.06.